The molecule has 1 N–H and O–H groups in total. The van der Waals surface area contributed by atoms with E-state index in [-0.39, 0.29) is 6.04 Å². The van der Waals surface area contributed by atoms with Crippen molar-refractivity contribution in [3.8, 4) is 0 Å². The summed E-state index contributed by atoms with van der Waals surface area (Å²) in [5, 5.41) is 3.20. The van der Waals surface area contributed by atoms with Crippen molar-refractivity contribution in [2.45, 2.75) is 32.0 Å². The van der Waals surface area contributed by atoms with Crippen LogP contribution in [0.1, 0.15) is 35.6 Å². The predicted molar refractivity (Wildman–Crippen MR) is 60.7 cm³/mol. The standard InChI is InChI=1S/C13H16F3N/c1-8-7-10(13(14,15)16)5-6-11(8)12(17-2)9-3-4-9/h5-7,9,12,17H,3-4H2,1-2H3. The zero-order valence-electron chi connectivity index (χ0n) is 9.93. The SMILES string of the molecule is CNC(c1ccc(C(F)(F)F)cc1C)C1CC1. The summed E-state index contributed by atoms with van der Waals surface area (Å²) in [6.45, 7) is 1.75. The number of nitrogens with one attached hydrogen (secondary N) is 1. The Bertz CT molecular complexity index is 408. The fourth-order valence-electron chi connectivity index (χ4n) is 2.28. The van der Waals surface area contributed by atoms with E-state index in [1.54, 1.807) is 13.0 Å². The number of halogens is 3. The molecule has 1 aromatic rings. The van der Waals surface area contributed by atoms with Crippen LogP contribution in [0.3, 0.4) is 0 Å². The molecule has 1 aliphatic carbocycles. The molecule has 0 spiro atoms. The molecular formula is C13H16F3N. The van der Waals surface area contributed by atoms with Gasteiger partial charge in [-0.2, -0.15) is 13.2 Å². The smallest absolute Gasteiger partial charge is 0.313 e. The maximum atomic E-state index is 12.5. The van der Waals surface area contributed by atoms with Gasteiger partial charge in [-0.05, 0) is 56.0 Å². The van der Waals surface area contributed by atoms with Crippen LogP contribution in [0.25, 0.3) is 0 Å². The van der Waals surface area contributed by atoms with Crippen molar-refractivity contribution in [1.29, 1.82) is 0 Å². The Morgan fingerprint density at radius 3 is 2.35 bits per heavy atom. The van der Waals surface area contributed by atoms with Gasteiger partial charge in [-0.3, -0.25) is 0 Å². The number of alkyl halides is 3. The van der Waals surface area contributed by atoms with Crippen LogP contribution in [-0.2, 0) is 6.18 Å². The first-order valence-corrected chi connectivity index (χ1v) is 5.78. The molecule has 1 nitrogen and oxygen atoms in total. The summed E-state index contributed by atoms with van der Waals surface area (Å²) < 4.78 is 37.6. The lowest BCUT2D eigenvalue weighted by Crippen LogP contribution is -2.19. The average molecular weight is 243 g/mol. The second kappa shape index (κ2) is 4.33. The second-order valence-corrected chi connectivity index (χ2v) is 4.67. The highest BCUT2D eigenvalue weighted by Gasteiger charge is 2.34. The van der Waals surface area contributed by atoms with E-state index in [9.17, 15) is 13.2 Å². The molecule has 0 aliphatic heterocycles. The van der Waals surface area contributed by atoms with Crippen LogP contribution in [-0.4, -0.2) is 7.05 Å². The normalized spacial score (nSPS) is 18.2. The van der Waals surface area contributed by atoms with Crippen LogP contribution in [0.15, 0.2) is 18.2 Å². The van der Waals surface area contributed by atoms with Crippen molar-refractivity contribution in [3.63, 3.8) is 0 Å². The first-order valence-electron chi connectivity index (χ1n) is 5.78. The Kier molecular flexibility index (Phi) is 3.17. The van der Waals surface area contributed by atoms with Crippen LogP contribution in [0.4, 0.5) is 13.2 Å². The molecule has 17 heavy (non-hydrogen) atoms. The van der Waals surface area contributed by atoms with Gasteiger partial charge >= 0.3 is 6.18 Å². The number of rotatable bonds is 3. The van der Waals surface area contributed by atoms with E-state index in [1.807, 2.05) is 7.05 Å². The molecule has 1 aliphatic rings. The monoisotopic (exact) mass is 243 g/mol. The highest BCUT2D eigenvalue weighted by Crippen LogP contribution is 2.42. The molecule has 0 bridgehead atoms. The molecule has 1 unspecified atom stereocenters. The molecule has 0 saturated heterocycles. The van der Waals surface area contributed by atoms with Gasteiger partial charge in [-0.1, -0.05) is 6.07 Å². The molecule has 1 fully saturated rings. The number of hydrogen-bond acceptors (Lipinski definition) is 1. The first kappa shape index (κ1) is 12.4. The molecule has 4 heteroatoms. The summed E-state index contributed by atoms with van der Waals surface area (Å²) in [6.07, 6.45) is -1.93. The molecule has 1 aromatic carbocycles. The Morgan fingerprint density at radius 2 is 1.94 bits per heavy atom. The van der Waals surface area contributed by atoms with E-state index in [0.29, 0.717) is 11.5 Å². The fraction of sp³-hybridized carbons (Fsp3) is 0.538. The van der Waals surface area contributed by atoms with Gasteiger partial charge in [-0.15, -0.1) is 0 Å². The zero-order chi connectivity index (χ0) is 12.6. The third kappa shape index (κ3) is 2.63. The molecule has 0 aromatic heterocycles. The van der Waals surface area contributed by atoms with Crippen molar-refractivity contribution in [2.75, 3.05) is 7.05 Å². The van der Waals surface area contributed by atoms with Gasteiger partial charge in [0.15, 0.2) is 0 Å². The fourth-order valence-corrected chi connectivity index (χ4v) is 2.28. The van der Waals surface area contributed by atoms with Gasteiger partial charge in [0.25, 0.3) is 0 Å². The molecule has 0 heterocycles. The minimum atomic E-state index is -4.25. The van der Waals surface area contributed by atoms with E-state index in [1.165, 1.54) is 12.1 Å². The van der Waals surface area contributed by atoms with E-state index in [2.05, 4.69) is 5.32 Å². The summed E-state index contributed by atoms with van der Waals surface area (Å²) in [5.74, 6) is 0.579. The van der Waals surface area contributed by atoms with Crippen molar-refractivity contribution < 1.29 is 13.2 Å². The lowest BCUT2D eigenvalue weighted by Gasteiger charge is -2.19. The molecule has 1 atom stereocenters. The summed E-state index contributed by atoms with van der Waals surface area (Å²) in [7, 11) is 1.86. The van der Waals surface area contributed by atoms with Gasteiger partial charge in [-0.25, -0.2) is 0 Å². The van der Waals surface area contributed by atoms with Crippen molar-refractivity contribution in [1.82, 2.24) is 5.32 Å². The number of aryl methyl sites for hydroxylation is 1. The van der Waals surface area contributed by atoms with Crippen molar-refractivity contribution in [3.05, 3.63) is 34.9 Å². The van der Waals surface area contributed by atoms with Crippen molar-refractivity contribution >= 4 is 0 Å². The molecule has 2 rings (SSSR count). The van der Waals surface area contributed by atoms with Gasteiger partial charge in [0.1, 0.15) is 0 Å². The topological polar surface area (TPSA) is 12.0 Å². The lowest BCUT2D eigenvalue weighted by molar-refractivity contribution is -0.137. The Balaban J connectivity index is 2.30. The van der Waals surface area contributed by atoms with Crippen molar-refractivity contribution in [2.24, 2.45) is 5.92 Å². The summed E-state index contributed by atoms with van der Waals surface area (Å²) in [6, 6.07) is 4.21. The van der Waals surface area contributed by atoms with E-state index in [4.69, 9.17) is 0 Å². The minimum absolute atomic E-state index is 0.192. The maximum absolute atomic E-state index is 12.5. The molecule has 0 radical (unpaired) electrons. The Morgan fingerprint density at radius 1 is 1.29 bits per heavy atom. The van der Waals surface area contributed by atoms with Gasteiger partial charge in [0, 0.05) is 6.04 Å². The first-order chi connectivity index (χ1) is 7.93. The van der Waals surface area contributed by atoms with Crippen LogP contribution in [0.2, 0.25) is 0 Å². The quantitative estimate of drug-likeness (QED) is 0.853. The second-order valence-electron chi connectivity index (χ2n) is 4.67. The van der Waals surface area contributed by atoms with Gasteiger partial charge < -0.3 is 5.32 Å². The third-order valence-electron chi connectivity index (χ3n) is 3.34. The molecular weight excluding hydrogens is 227 g/mol. The Hall–Kier alpha value is -1.03. The van der Waals surface area contributed by atoms with Crippen LogP contribution < -0.4 is 5.32 Å². The highest BCUT2D eigenvalue weighted by atomic mass is 19.4. The maximum Gasteiger partial charge on any atom is 0.416 e. The largest absolute Gasteiger partial charge is 0.416 e. The zero-order valence-corrected chi connectivity index (χ0v) is 9.93. The van der Waals surface area contributed by atoms with Gasteiger partial charge in [0.2, 0.25) is 0 Å². The number of benzene rings is 1. The average Bonchev–Trinajstić information content (AvgIpc) is 3.04. The molecule has 94 valence electrons. The van der Waals surface area contributed by atoms with E-state index in [0.717, 1.165) is 18.4 Å². The molecule has 1 saturated carbocycles. The van der Waals surface area contributed by atoms with Gasteiger partial charge in [0.05, 0.1) is 5.56 Å². The molecule has 0 amide bonds. The number of hydrogen-bond donors (Lipinski definition) is 1. The third-order valence-corrected chi connectivity index (χ3v) is 3.34. The predicted octanol–water partition coefficient (Wildman–Crippen LogP) is 3.68. The highest BCUT2D eigenvalue weighted by molar-refractivity contribution is 5.35. The van der Waals surface area contributed by atoms with E-state index < -0.39 is 11.7 Å². The summed E-state index contributed by atoms with van der Waals surface area (Å²) in [5.41, 5.74) is 1.14. The van der Waals surface area contributed by atoms with Crippen LogP contribution >= 0.6 is 0 Å². The lowest BCUT2D eigenvalue weighted by atomic mass is 9.96. The van der Waals surface area contributed by atoms with E-state index >= 15 is 0 Å². The van der Waals surface area contributed by atoms with Crippen LogP contribution in [0.5, 0.6) is 0 Å². The summed E-state index contributed by atoms with van der Waals surface area (Å²) in [4.78, 5) is 0. The summed E-state index contributed by atoms with van der Waals surface area (Å²) >= 11 is 0. The van der Waals surface area contributed by atoms with Crippen LogP contribution in [0, 0.1) is 12.8 Å². The minimum Gasteiger partial charge on any atom is -0.313 e. The Labute approximate surface area is 99.0 Å².